The first-order valence-electron chi connectivity index (χ1n) is 7.21. The van der Waals surface area contributed by atoms with Crippen LogP contribution in [-0.2, 0) is 0 Å². The monoisotopic (exact) mass is 331 g/mol. The number of alkyl halides is 2. The summed E-state index contributed by atoms with van der Waals surface area (Å²) in [5.41, 5.74) is 2.68. The molecule has 0 aliphatic rings. The van der Waals surface area contributed by atoms with Crippen molar-refractivity contribution in [2.45, 2.75) is 20.3 Å². The standard InChI is InChI=1S/C16H15F2N5O/c1-9-10(2)23(8-19-9)12-5-3-11(4-6-12)21-16(24)13-7-20-22-14(13)15(17)18/h3-8,15H,1-2H3,(H,20,22)(H,21,24). The molecule has 1 amide bonds. The third-order valence-corrected chi connectivity index (χ3v) is 3.79. The second-order valence-corrected chi connectivity index (χ2v) is 5.28. The maximum Gasteiger partial charge on any atom is 0.280 e. The smallest absolute Gasteiger partial charge is 0.280 e. The summed E-state index contributed by atoms with van der Waals surface area (Å²) in [5.74, 6) is -0.638. The number of nitrogens with zero attached hydrogens (tertiary/aromatic N) is 3. The topological polar surface area (TPSA) is 75.6 Å². The zero-order chi connectivity index (χ0) is 17.3. The van der Waals surface area contributed by atoms with Gasteiger partial charge in [-0.1, -0.05) is 0 Å². The largest absolute Gasteiger partial charge is 0.322 e. The number of carbonyl (C=O) groups is 1. The Morgan fingerprint density at radius 1 is 1.25 bits per heavy atom. The van der Waals surface area contributed by atoms with E-state index in [2.05, 4.69) is 20.5 Å². The van der Waals surface area contributed by atoms with Gasteiger partial charge in [-0.15, -0.1) is 0 Å². The molecule has 124 valence electrons. The number of rotatable bonds is 4. The summed E-state index contributed by atoms with van der Waals surface area (Å²) in [6.45, 7) is 3.88. The molecule has 0 unspecified atom stereocenters. The molecule has 0 fully saturated rings. The number of carbonyl (C=O) groups excluding carboxylic acids is 1. The van der Waals surface area contributed by atoms with Crippen LogP contribution in [-0.4, -0.2) is 25.7 Å². The Hall–Kier alpha value is -3.03. The van der Waals surface area contributed by atoms with E-state index < -0.39 is 18.0 Å². The van der Waals surface area contributed by atoms with E-state index in [0.717, 1.165) is 23.3 Å². The van der Waals surface area contributed by atoms with Crippen LogP contribution < -0.4 is 5.32 Å². The number of H-pyrrole nitrogens is 1. The highest BCUT2D eigenvalue weighted by Crippen LogP contribution is 2.22. The zero-order valence-electron chi connectivity index (χ0n) is 13.0. The summed E-state index contributed by atoms with van der Waals surface area (Å²) in [4.78, 5) is 16.3. The highest BCUT2D eigenvalue weighted by molar-refractivity contribution is 6.05. The van der Waals surface area contributed by atoms with Gasteiger partial charge in [0.15, 0.2) is 0 Å². The van der Waals surface area contributed by atoms with E-state index in [-0.39, 0.29) is 5.56 Å². The number of halogens is 2. The van der Waals surface area contributed by atoms with Gasteiger partial charge in [0.2, 0.25) is 0 Å². The second-order valence-electron chi connectivity index (χ2n) is 5.28. The zero-order valence-corrected chi connectivity index (χ0v) is 13.0. The summed E-state index contributed by atoms with van der Waals surface area (Å²) in [7, 11) is 0. The van der Waals surface area contributed by atoms with Crippen LogP contribution in [0.1, 0.15) is 33.9 Å². The number of anilines is 1. The fraction of sp³-hybridized carbons (Fsp3) is 0.188. The minimum absolute atomic E-state index is 0.171. The maximum atomic E-state index is 12.8. The van der Waals surface area contributed by atoms with Gasteiger partial charge in [-0.05, 0) is 38.1 Å². The van der Waals surface area contributed by atoms with Crippen molar-refractivity contribution in [2.75, 3.05) is 5.32 Å². The maximum absolute atomic E-state index is 12.8. The summed E-state index contributed by atoms with van der Waals surface area (Å²) in [6.07, 6.45) is 0.0182. The molecular weight excluding hydrogens is 316 g/mol. The molecule has 0 aliphatic carbocycles. The van der Waals surface area contributed by atoms with Gasteiger partial charge in [0.1, 0.15) is 5.69 Å². The summed E-state index contributed by atoms with van der Waals surface area (Å²) >= 11 is 0. The van der Waals surface area contributed by atoms with Crippen LogP contribution in [0.2, 0.25) is 0 Å². The molecule has 2 N–H and O–H groups in total. The predicted molar refractivity (Wildman–Crippen MR) is 84.5 cm³/mol. The Balaban J connectivity index is 1.78. The van der Waals surface area contributed by atoms with Crippen molar-refractivity contribution in [3.63, 3.8) is 0 Å². The van der Waals surface area contributed by atoms with Gasteiger partial charge in [-0.2, -0.15) is 5.10 Å². The van der Waals surface area contributed by atoms with Crippen molar-refractivity contribution in [1.29, 1.82) is 0 Å². The van der Waals surface area contributed by atoms with Gasteiger partial charge in [-0.25, -0.2) is 13.8 Å². The molecule has 8 heteroatoms. The predicted octanol–water partition coefficient (Wildman–Crippen LogP) is 3.40. The number of imidazole rings is 1. The number of aromatic nitrogens is 4. The SMILES string of the molecule is Cc1ncn(-c2ccc(NC(=O)c3cn[nH]c3C(F)F)cc2)c1C. The number of hydrogen-bond acceptors (Lipinski definition) is 3. The van der Waals surface area contributed by atoms with Crippen molar-refractivity contribution in [3.8, 4) is 5.69 Å². The average Bonchev–Trinajstić information content (AvgIpc) is 3.17. The number of amides is 1. The number of hydrogen-bond donors (Lipinski definition) is 2. The Morgan fingerprint density at radius 3 is 2.54 bits per heavy atom. The molecular formula is C16H15F2N5O. The van der Waals surface area contributed by atoms with E-state index in [1.807, 2.05) is 30.5 Å². The Morgan fingerprint density at radius 2 is 1.96 bits per heavy atom. The number of nitrogens with one attached hydrogen (secondary N) is 2. The van der Waals surface area contributed by atoms with E-state index in [9.17, 15) is 13.6 Å². The van der Waals surface area contributed by atoms with Crippen molar-refractivity contribution >= 4 is 11.6 Å². The molecule has 0 aliphatic heterocycles. The van der Waals surface area contributed by atoms with Crippen molar-refractivity contribution in [1.82, 2.24) is 19.7 Å². The molecule has 0 spiro atoms. The third kappa shape index (κ3) is 2.90. The highest BCUT2D eigenvalue weighted by atomic mass is 19.3. The van der Waals surface area contributed by atoms with Crippen molar-refractivity contribution < 1.29 is 13.6 Å². The van der Waals surface area contributed by atoms with Crippen LogP contribution in [0, 0.1) is 13.8 Å². The molecule has 0 atom stereocenters. The molecule has 0 radical (unpaired) electrons. The molecule has 3 aromatic rings. The number of benzene rings is 1. The molecule has 1 aromatic carbocycles. The van der Waals surface area contributed by atoms with Crippen LogP contribution in [0.25, 0.3) is 5.69 Å². The third-order valence-electron chi connectivity index (χ3n) is 3.79. The van der Waals surface area contributed by atoms with Crippen molar-refractivity contribution in [2.24, 2.45) is 0 Å². The molecule has 6 nitrogen and oxygen atoms in total. The lowest BCUT2D eigenvalue weighted by Gasteiger charge is -2.08. The van der Waals surface area contributed by atoms with E-state index in [1.165, 1.54) is 0 Å². The van der Waals surface area contributed by atoms with Crippen LogP contribution in [0.15, 0.2) is 36.8 Å². The normalized spacial score (nSPS) is 11.0. The van der Waals surface area contributed by atoms with E-state index >= 15 is 0 Å². The van der Waals surface area contributed by atoms with Gasteiger partial charge < -0.3 is 9.88 Å². The summed E-state index contributed by atoms with van der Waals surface area (Å²) < 4.78 is 27.5. The first kappa shape index (κ1) is 15.9. The molecule has 2 heterocycles. The first-order chi connectivity index (χ1) is 11.5. The van der Waals surface area contributed by atoms with Crippen LogP contribution in [0.5, 0.6) is 0 Å². The first-order valence-corrected chi connectivity index (χ1v) is 7.21. The molecule has 0 saturated carbocycles. The van der Waals surface area contributed by atoms with Crippen LogP contribution >= 0.6 is 0 Å². The Labute approximate surface area is 136 Å². The highest BCUT2D eigenvalue weighted by Gasteiger charge is 2.20. The average molecular weight is 331 g/mol. The second kappa shape index (κ2) is 6.23. The van der Waals surface area contributed by atoms with E-state index in [4.69, 9.17) is 0 Å². The lowest BCUT2D eigenvalue weighted by molar-refractivity contribution is 0.101. The molecule has 3 rings (SSSR count). The van der Waals surface area contributed by atoms with Crippen LogP contribution in [0.4, 0.5) is 14.5 Å². The van der Waals surface area contributed by atoms with E-state index in [1.54, 1.807) is 18.5 Å². The lowest BCUT2D eigenvalue weighted by atomic mass is 10.2. The Kier molecular flexibility index (Phi) is 4.11. The van der Waals surface area contributed by atoms with Gasteiger partial charge >= 0.3 is 0 Å². The van der Waals surface area contributed by atoms with E-state index in [0.29, 0.717) is 5.69 Å². The van der Waals surface area contributed by atoms with Gasteiger partial charge in [-0.3, -0.25) is 9.89 Å². The van der Waals surface area contributed by atoms with Gasteiger partial charge in [0.05, 0.1) is 23.8 Å². The van der Waals surface area contributed by atoms with Crippen LogP contribution in [0.3, 0.4) is 0 Å². The van der Waals surface area contributed by atoms with Gasteiger partial charge in [0.25, 0.3) is 12.3 Å². The number of aromatic amines is 1. The molecule has 24 heavy (non-hydrogen) atoms. The molecule has 0 saturated heterocycles. The summed E-state index contributed by atoms with van der Waals surface area (Å²) in [6, 6.07) is 7.02. The fourth-order valence-corrected chi connectivity index (χ4v) is 2.31. The minimum Gasteiger partial charge on any atom is -0.322 e. The quantitative estimate of drug-likeness (QED) is 0.769. The van der Waals surface area contributed by atoms with Crippen molar-refractivity contribution in [3.05, 3.63) is 59.4 Å². The molecule has 0 bridgehead atoms. The molecule has 2 aromatic heterocycles. The fourth-order valence-electron chi connectivity index (χ4n) is 2.31. The minimum atomic E-state index is -2.79. The lowest BCUT2D eigenvalue weighted by Crippen LogP contribution is -2.13. The van der Waals surface area contributed by atoms with Gasteiger partial charge in [0, 0.05) is 17.1 Å². The summed E-state index contributed by atoms with van der Waals surface area (Å²) in [5, 5.41) is 8.22. The Bertz CT molecular complexity index is 867. The number of aryl methyl sites for hydroxylation is 1.